The topological polar surface area (TPSA) is 45.1 Å². The summed E-state index contributed by atoms with van der Waals surface area (Å²) in [4.78, 5) is 2.50. The highest BCUT2D eigenvalue weighted by Gasteiger charge is 2.31. The van der Waals surface area contributed by atoms with E-state index in [1.807, 2.05) is 24.3 Å². The van der Waals surface area contributed by atoms with E-state index in [-0.39, 0.29) is 6.04 Å². The van der Waals surface area contributed by atoms with Gasteiger partial charge < -0.3 is 23.5 Å². The van der Waals surface area contributed by atoms with Gasteiger partial charge in [-0.25, -0.2) is 0 Å². The summed E-state index contributed by atoms with van der Waals surface area (Å²) in [6.45, 7) is 2.74. The van der Waals surface area contributed by atoms with Crippen molar-refractivity contribution in [3.63, 3.8) is 0 Å². The first-order valence-electron chi connectivity index (χ1n) is 10.5. The maximum absolute atomic E-state index is 5.82. The van der Waals surface area contributed by atoms with Gasteiger partial charge in [0, 0.05) is 43.2 Å². The Morgan fingerprint density at radius 2 is 1.58 bits per heavy atom. The highest BCUT2D eigenvalue weighted by Crippen LogP contribution is 2.43. The zero-order valence-corrected chi connectivity index (χ0v) is 18.6. The number of ether oxygens (including phenoxy) is 4. The molecular weight excluding hydrogens is 392 g/mol. The van der Waals surface area contributed by atoms with Crippen molar-refractivity contribution >= 4 is 0 Å². The highest BCUT2D eigenvalue weighted by molar-refractivity contribution is 5.53. The number of aromatic nitrogens is 1. The van der Waals surface area contributed by atoms with Crippen LogP contribution in [0.1, 0.15) is 29.3 Å². The van der Waals surface area contributed by atoms with Gasteiger partial charge in [0.05, 0.1) is 34.5 Å². The first-order valence-corrected chi connectivity index (χ1v) is 10.5. The van der Waals surface area contributed by atoms with Gasteiger partial charge in [-0.15, -0.1) is 0 Å². The first-order chi connectivity index (χ1) is 15.2. The average Bonchev–Trinajstić information content (AvgIpc) is 3.20. The minimum atomic E-state index is 0.0125. The largest absolute Gasteiger partial charge is 0.497 e. The molecular formula is C25H30N2O4. The third kappa shape index (κ3) is 4.21. The lowest BCUT2D eigenvalue weighted by atomic mass is 9.99. The lowest BCUT2D eigenvalue weighted by molar-refractivity contribution is 0.215. The molecule has 3 aromatic rings. The molecule has 6 heteroatoms. The Morgan fingerprint density at radius 1 is 0.806 bits per heavy atom. The van der Waals surface area contributed by atoms with Crippen LogP contribution in [0.4, 0.5) is 0 Å². The molecule has 1 aliphatic rings. The summed E-state index contributed by atoms with van der Waals surface area (Å²) in [7, 11) is 6.71. The molecule has 31 heavy (non-hydrogen) atoms. The normalized spacial score (nSPS) is 16.3. The summed E-state index contributed by atoms with van der Waals surface area (Å²) in [5, 5.41) is 0. The molecule has 1 atom stereocenters. The Hall–Kier alpha value is -3.12. The standard InChI is InChI=1S/C25H30N2O4/c1-28-19-9-5-8-18(14-19)17-27-13-7-12-26-11-6-10-21(26)25(27)20-15-23(30-3)24(31-4)16-22(20)29-2/h5-6,8-11,14-16,25H,7,12-13,17H2,1-4H3/t25-/m1/s1. The van der Waals surface area contributed by atoms with Crippen molar-refractivity contribution in [1.82, 2.24) is 9.47 Å². The van der Waals surface area contributed by atoms with Crippen LogP contribution >= 0.6 is 0 Å². The van der Waals surface area contributed by atoms with E-state index in [2.05, 4.69) is 39.9 Å². The molecule has 164 valence electrons. The number of fused-ring (bicyclic) bond motifs is 1. The summed E-state index contributed by atoms with van der Waals surface area (Å²) in [6, 6.07) is 16.6. The van der Waals surface area contributed by atoms with Gasteiger partial charge in [-0.2, -0.15) is 0 Å². The zero-order valence-electron chi connectivity index (χ0n) is 18.6. The van der Waals surface area contributed by atoms with Gasteiger partial charge in [0.25, 0.3) is 0 Å². The van der Waals surface area contributed by atoms with E-state index in [0.717, 1.165) is 43.1 Å². The molecule has 2 heterocycles. The Kier molecular flexibility index (Phi) is 6.37. The Morgan fingerprint density at radius 3 is 2.32 bits per heavy atom. The van der Waals surface area contributed by atoms with Crippen molar-refractivity contribution < 1.29 is 18.9 Å². The van der Waals surface area contributed by atoms with E-state index in [1.165, 1.54) is 11.3 Å². The average molecular weight is 423 g/mol. The number of rotatable bonds is 7. The van der Waals surface area contributed by atoms with Crippen LogP contribution in [-0.4, -0.2) is 44.5 Å². The first kappa shape index (κ1) is 21.1. The molecule has 0 N–H and O–H groups in total. The number of benzene rings is 2. The Bertz CT molecular complexity index is 1030. The van der Waals surface area contributed by atoms with Crippen LogP contribution in [0.2, 0.25) is 0 Å². The van der Waals surface area contributed by atoms with Crippen molar-refractivity contribution in [3.8, 4) is 23.0 Å². The van der Waals surface area contributed by atoms with Gasteiger partial charge in [0.15, 0.2) is 11.5 Å². The molecule has 0 saturated carbocycles. The Balaban J connectivity index is 1.82. The summed E-state index contributed by atoms with van der Waals surface area (Å²) in [6.07, 6.45) is 3.22. The molecule has 0 bridgehead atoms. The van der Waals surface area contributed by atoms with Crippen molar-refractivity contribution in [2.24, 2.45) is 0 Å². The number of aryl methyl sites for hydroxylation is 1. The highest BCUT2D eigenvalue weighted by atomic mass is 16.5. The van der Waals surface area contributed by atoms with E-state index in [0.29, 0.717) is 11.5 Å². The number of hydrogen-bond donors (Lipinski definition) is 0. The summed E-state index contributed by atoms with van der Waals surface area (Å²) < 4.78 is 24.7. The predicted molar refractivity (Wildman–Crippen MR) is 120 cm³/mol. The van der Waals surface area contributed by atoms with E-state index < -0.39 is 0 Å². The quantitative estimate of drug-likeness (QED) is 0.560. The predicted octanol–water partition coefficient (Wildman–Crippen LogP) is 4.52. The molecule has 0 amide bonds. The van der Waals surface area contributed by atoms with E-state index in [4.69, 9.17) is 18.9 Å². The third-order valence-corrected chi connectivity index (χ3v) is 5.90. The second-order valence-corrected chi connectivity index (χ2v) is 7.65. The van der Waals surface area contributed by atoms with Crippen molar-refractivity contribution in [3.05, 3.63) is 71.5 Å². The third-order valence-electron chi connectivity index (χ3n) is 5.90. The maximum Gasteiger partial charge on any atom is 0.164 e. The summed E-state index contributed by atoms with van der Waals surface area (Å²) >= 11 is 0. The fraction of sp³-hybridized carbons (Fsp3) is 0.360. The van der Waals surface area contributed by atoms with Crippen LogP contribution in [-0.2, 0) is 13.1 Å². The molecule has 0 aliphatic carbocycles. The summed E-state index contributed by atoms with van der Waals surface area (Å²) in [5.41, 5.74) is 3.51. The number of nitrogens with zero attached hydrogens (tertiary/aromatic N) is 2. The van der Waals surface area contributed by atoms with Gasteiger partial charge in [0.2, 0.25) is 0 Å². The second kappa shape index (κ2) is 9.35. The molecule has 0 fully saturated rings. The molecule has 2 aromatic carbocycles. The van der Waals surface area contributed by atoms with Crippen LogP contribution < -0.4 is 18.9 Å². The molecule has 0 spiro atoms. The smallest absolute Gasteiger partial charge is 0.164 e. The number of methoxy groups -OCH3 is 4. The molecule has 1 aromatic heterocycles. The SMILES string of the molecule is COc1cccc(CN2CCCn3cccc3[C@H]2c2cc(OC)c(OC)cc2OC)c1. The van der Waals surface area contributed by atoms with Gasteiger partial charge >= 0.3 is 0 Å². The van der Waals surface area contributed by atoms with Gasteiger partial charge in [0.1, 0.15) is 11.5 Å². The lowest BCUT2D eigenvalue weighted by Gasteiger charge is -2.32. The second-order valence-electron chi connectivity index (χ2n) is 7.65. The minimum absolute atomic E-state index is 0.0125. The number of hydrogen-bond acceptors (Lipinski definition) is 5. The Labute approximate surface area is 183 Å². The van der Waals surface area contributed by atoms with Crippen LogP contribution in [0.5, 0.6) is 23.0 Å². The fourth-order valence-electron chi connectivity index (χ4n) is 4.44. The van der Waals surface area contributed by atoms with Crippen LogP contribution in [0.3, 0.4) is 0 Å². The lowest BCUT2D eigenvalue weighted by Crippen LogP contribution is -2.30. The molecule has 0 radical (unpaired) electrons. The molecule has 4 rings (SSSR count). The monoisotopic (exact) mass is 422 g/mol. The van der Waals surface area contributed by atoms with Crippen molar-refractivity contribution in [2.75, 3.05) is 35.0 Å². The fourth-order valence-corrected chi connectivity index (χ4v) is 4.44. The van der Waals surface area contributed by atoms with E-state index in [1.54, 1.807) is 28.4 Å². The van der Waals surface area contributed by atoms with Crippen LogP contribution in [0.25, 0.3) is 0 Å². The van der Waals surface area contributed by atoms with Gasteiger partial charge in [-0.3, -0.25) is 4.90 Å². The van der Waals surface area contributed by atoms with E-state index in [9.17, 15) is 0 Å². The van der Waals surface area contributed by atoms with Gasteiger partial charge in [-0.05, 0) is 42.3 Å². The van der Waals surface area contributed by atoms with Crippen LogP contribution in [0.15, 0.2) is 54.7 Å². The van der Waals surface area contributed by atoms with Crippen molar-refractivity contribution in [1.29, 1.82) is 0 Å². The van der Waals surface area contributed by atoms with Gasteiger partial charge in [-0.1, -0.05) is 12.1 Å². The van der Waals surface area contributed by atoms with E-state index >= 15 is 0 Å². The molecule has 0 saturated heterocycles. The maximum atomic E-state index is 5.82. The summed E-state index contributed by atoms with van der Waals surface area (Å²) in [5.74, 6) is 3.01. The molecule has 1 aliphatic heterocycles. The van der Waals surface area contributed by atoms with Crippen molar-refractivity contribution in [2.45, 2.75) is 25.6 Å². The molecule has 0 unspecified atom stereocenters. The minimum Gasteiger partial charge on any atom is -0.497 e. The van der Waals surface area contributed by atoms with Crippen LogP contribution in [0, 0.1) is 0 Å². The zero-order chi connectivity index (χ0) is 21.8. The molecule has 6 nitrogen and oxygen atoms in total.